The van der Waals surface area contributed by atoms with Crippen molar-refractivity contribution in [2.75, 3.05) is 10.2 Å². The van der Waals surface area contributed by atoms with E-state index < -0.39 is 0 Å². The Morgan fingerprint density at radius 3 is 2.12 bits per heavy atom. The summed E-state index contributed by atoms with van der Waals surface area (Å²) in [5, 5.41) is 5.69. The van der Waals surface area contributed by atoms with Crippen molar-refractivity contribution < 1.29 is 9.59 Å². The maximum atomic E-state index is 11.7. The molecule has 4 nitrogen and oxygen atoms in total. The zero-order valence-electron chi connectivity index (χ0n) is 12.8. The summed E-state index contributed by atoms with van der Waals surface area (Å²) in [6.07, 6.45) is 2.56. The number of rotatable bonds is 3. The Balaban J connectivity index is 1.62. The molecule has 0 bridgehead atoms. The Morgan fingerprint density at radius 2 is 1.38 bits per heavy atom. The highest BCUT2D eigenvalue weighted by Gasteiger charge is 2.24. The van der Waals surface area contributed by atoms with E-state index in [2.05, 4.69) is 23.5 Å². The summed E-state index contributed by atoms with van der Waals surface area (Å²) in [6, 6.07) is 21.5. The molecule has 3 aromatic carbocycles. The number of anilines is 3. The van der Waals surface area contributed by atoms with Gasteiger partial charge in [-0.25, -0.2) is 4.90 Å². The van der Waals surface area contributed by atoms with Gasteiger partial charge in [0.25, 0.3) is 11.8 Å². The summed E-state index contributed by atoms with van der Waals surface area (Å²) in [7, 11) is 0. The molecule has 1 aliphatic rings. The molecule has 1 aliphatic heterocycles. The number of amides is 2. The number of nitrogens with one attached hydrogen (secondary N) is 1. The number of imide groups is 1. The molecule has 3 aromatic rings. The molecule has 0 fully saturated rings. The molecule has 2 amide bonds. The second kappa shape index (κ2) is 5.66. The molecule has 1 heterocycles. The molecular weight excluding hydrogens is 300 g/mol. The SMILES string of the molecule is O=C1C=CC(=O)N1c1ccc(Nc2cccc3ccccc23)cc1. The Hall–Kier alpha value is -3.40. The van der Waals surface area contributed by atoms with Crippen molar-refractivity contribution in [3.63, 3.8) is 0 Å². The number of carbonyl (C=O) groups is 2. The molecule has 1 N–H and O–H groups in total. The van der Waals surface area contributed by atoms with Gasteiger partial charge in [-0.15, -0.1) is 0 Å². The molecule has 0 atom stereocenters. The molecule has 0 saturated heterocycles. The van der Waals surface area contributed by atoms with Gasteiger partial charge in [0.05, 0.1) is 5.69 Å². The van der Waals surface area contributed by atoms with Crippen molar-refractivity contribution >= 4 is 39.6 Å². The molecule has 0 saturated carbocycles. The van der Waals surface area contributed by atoms with Crippen LogP contribution in [0.5, 0.6) is 0 Å². The molecule has 0 aromatic heterocycles. The summed E-state index contributed by atoms with van der Waals surface area (Å²) < 4.78 is 0. The van der Waals surface area contributed by atoms with Crippen molar-refractivity contribution in [3.05, 3.63) is 78.9 Å². The van der Waals surface area contributed by atoms with E-state index in [0.29, 0.717) is 5.69 Å². The Kier molecular flexibility index (Phi) is 3.35. The largest absolute Gasteiger partial charge is 0.355 e. The van der Waals surface area contributed by atoms with Gasteiger partial charge in [-0.1, -0.05) is 36.4 Å². The number of hydrogen-bond acceptors (Lipinski definition) is 3. The lowest BCUT2D eigenvalue weighted by Crippen LogP contribution is -2.29. The third-order valence-electron chi connectivity index (χ3n) is 4.00. The van der Waals surface area contributed by atoms with Crippen LogP contribution < -0.4 is 10.2 Å². The first-order valence-corrected chi connectivity index (χ1v) is 7.63. The van der Waals surface area contributed by atoms with E-state index in [0.717, 1.165) is 21.7 Å². The molecule has 4 rings (SSSR count). The molecule has 24 heavy (non-hydrogen) atoms. The third kappa shape index (κ3) is 2.44. The van der Waals surface area contributed by atoms with Crippen LogP contribution in [0.1, 0.15) is 0 Å². The average molecular weight is 314 g/mol. The lowest BCUT2D eigenvalue weighted by molar-refractivity contribution is -0.119. The van der Waals surface area contributed by atoms with Crippen LogP contribution in [0.4, 0.5) is 17.1 Å². The molecule has 0 unspecified atom stereocenters. The standard InChI is InChI=1S/C20H14N2O2/c23-19-12-13-20(24)22(19)16-10-8-15(9-11-16)21-18-7-3-5-14-4-1-2-6-17(14)18/h1-13,21H. The Labute approximate surface area is 139 Å². The van der Waals surface area contributed by atoms with E-state index in [1.54, 1.807) is 12.1 Å². The van der Waals surface area contributed by atoms with Crippen molar-refractivity contribution in [1.82, 2.24) is 0 Å². The molecule has 0 spiro atoms. The fourth-order valence-corrected chi connectivity index (χ4v) is 2.84. The quantitative estimate of drug-likeness (QED) is 0.743. The lowest BCUT2D eigenvalue weighted by Gasteiger charge is -2.15. The summed E-state index contributed by atoms with van der Waals surface area (Å²) in [5.41, 5.74) is 2.47. The van der Waals surface area contributed by atoms with Gasteiger partial charge in [0.1, 0.15) is 0 Å². The molecule has 116 valence electrons. The van der Waals surface area contributed by atoms with E-state index >= 15 is 0 Å². The lowest BCUT2D eigenvalue weighted by atomic mass is 10.1. The van der Waals surface area contributed by atoms with E-state index in [1.165, 1.54) is 17.5 Å². The summed E-state index contributed by atoms with van der Waals surface area (Å²) >= 11 is 0. The van der Waals surface area contributed by atoms with Gasteiger partial charge in [0, 0.05) is 28.9 Å². The minimum absolute atomic E-state index is 0.310. The predicted molar refractivity (Wildman–Crippen MR) is 95.3 cm³/mol. The minimum Gasteiger partial charge on any atom is -0.355 e. The van der Waals surface area contributed by atoms with E-state index in [9.17, 15) is 9.59 Å². The van der Waals surface area contributed by atoms with Crippen molar-refractivity contribution in [1.29, 1.82) is 0 Å². The average Bonchev–Trinajstić information content (AvgIpc) is 2.95. The second-order valence-electron chi connectivity index (χ2n) is 5.54. The maximum Gasteiger partial charge on any atom is 0.258 e. The van der Waals surface area contributed by atoms with Gasteiger partial charge in [-0.05, 0) is 35.7 Å². The van der Waals surface area contributed by atoms with Crippen LogP contribution in [-0.4, -0.2) is 11.8 Å². The smallest absolute Gasteiger partial charge is 0.258 e. The monoisotopic (exact) mass is 314 g/mol. The number of benzene rings is 3. The number of fused-ring (bicyclic) bond motifs is 1. The molecule has 0 aliphatic carbocycles. The number of nitrogens with zero attached hydrogens (tertiary/aromatic N) is 1. The highest BCUT2D eigenvalue weighted by atomic mass is 16.2. The topological polar surface area (TPSA) is 49.4 Å². The van der Waals surface area contributed by atoms with Crippen LogP contribution in [0.15, 0.2) is 78.9 Å². The fourth-order valence-electron chi connectivity index (χ4n) is 2.84. The van der Waals surface area contributed by atoms with Gasteiger partial charge in [-0.2, -0.15) is 0 Å². The number of hydrogen-bond donors (Lipinski definition) is 1. The fraction of sp³-hybridized carbons (Fsp3) is 0. The van der Waals surface area contributed by atoms with Crippen LogP contribution in [-0.2, 0) is 9.59 Å². The Morgan fingerprint density at radius 1 is 0.708 bits per heavy atom. The van der Waals surface area contributed by atoms with Crippen molar-refractivity contribution in [3.8, 4) is 0 Å². The Bertz CT molecular complexity index is 951. The first-order chi connectivity index (χ1) is 11.7. The summed E-state index contributed by atoms with van der Waals surface area (Å²) in [4.78, 5) is 24.6. The van der Waals surface area contributed by atoms with E-state index in [-0.39, 0.29) is 11.8 Å². The number of carbonyl (C=O) groups excluding carboxylic acids is 2. The zero-order chi connectivity index (χ0) is 16.5. The highest BCUT2D eigenvalue weighted by molar-refractivity contribution is 6.28. The van der Waals surface area contributed by atoms with Crippen LogP contribution in [0, 0.1) is 0 Å². The van der Waals surface area contributed by atoms with Gasteiger partial charge in [-0.3, -0.25) is 9.59 Å². The molecule has 4 heteroatoms. The first-order valence-electron chi connectivity index (χ1n) is 7.63. The van der Waals surface area contributed by atoms with Crippen LogP contribution >= 0.6 is 0 Å². The minimum atomic E-state index is -0.310. The van der Waals surface area contributed by atoms with E-state index in [4.69, 9.17) is 0 Å². The van der Waals surface area contributed by atoms with Gasteiger partial charge in [0.15, 0.2) is 0 Å². The van der Waals surface area contributed by atoms with Gasteiger partial charge < -0.3 is 5.32 Å². The highest BCUT2D eigenvalue weighted by Crippen LogP contribution is 2.28. The first kappa shape index (κ1) is 14.2. The molecular formula is C20H14N2O2. The summed E-state index contributed by atoms with van der Waals surface area (Å²) in [6.45, 7) is 0. The zero-order valence-corrected chi connectivity index (χ0v) is 12.8. The predicted octanol–water partition coefficient (Wildman–Crippen LogP) is 4.01. The second-order valence-corrected chi connectivity index (χ2v) is 5.54. The normalized spacial score (nSPS) is 13.8. The van der Waals surface area contributed by atoms with Crippen LogP contribution in [0.2, 0.25) is 0 Å². The molecule has 0 radical (unpaired) electrons. The van der Waals surface area contributed by atoms with Crippen molar-refractivity contribution in [2.45, 2.75) is 0 Å². The van der Waals surface area contributed by atoms with E-state index in [1.807, 2.05) is 36.4 Å². The maximum absolute atomic E-state index is 11.7. The summed E-state index contributed by atoms with van der Waals surface area (Å²) in [5.74, 6) is -0.621. The van der Waals surface area contributed by atoms with Crippen molar-refractivity contribution in [2.24, 2.45) is 0 Å². The van der Waals surface area contributed by atoms with Crippen LogP contribution in [0.3, 0.4) is 0 Å². The van der Waals surface area contributed by atoms with Crippen LogP contribution in [0.25, 0.3) is 10.8 Å². The van der Waals surface area contributed by atoms with Gasteiger partial charge in [0.2, 0.25) is 0 Å². The third-order valence-corrected chi connectivity index (χ3v) is 4.00. The van der Waals surface area contributed by atoms with Gasteiger partial charge >= 0.3 is 0 Å².